The molecule has 5 nitrogen and oxygen atoms in total. The van der Waals surface area contributed by atoms with E-state index in [-0.39, 0.29) is 24.2 Å². The van der Waals surface area contributed by atoms with Crippen molar-refractivity contribution in [1.29, 1.82) is 0 Å². The molecule has 0 radical (unpaired) electrons. The lowest BCUT2D eigenvalue weighted by Crippen LogP contribution is -2.33. The Morgan fingerprint density at radius 1 is 1.45 bits per heavy atom. The molecule has 0 aliphatic carbocycles. The highest BCUT2D eigenvalue weighted by Gasteiger charge is 2.38. The van der Waals surface area contributed by atoms with Gasteiger partial charge in [-0.2, -0.15) is 0 Å². The molecule has 0 saturated carbocycles. The van der Waals surface area contributed by atoms with E-state index >= 15 is 0 Å². The van der Waals surface area contributed by atoms with E-state index in [4.69, 9.17) is 5.11 Å². The predicted molar refractivity (Wildman–Crippen MR) is 78.6 cm³/mol. The molecule has 1 aromatic rings. The van der Waals surface area contributed by atoms with Crippen LogP contribution < -0.4 is 10.6 Å². The molecule has 1 aliphatic heterocycles. The second kappa shape index (κ2) is 6.85. The maximum absolute atomic E-state index is 14.3. The molecular weight excluding hydrogens is 294 g/mol. The van der Waals surface area contributed by atoms with Gasteiger partial charge in [0.25, 0.3) is 5.92 Å². The predicted octanol–water partition coefficient (Wildman–Crippen LogP) is 0.990. The number of para-hydroxylation sites is 1. The zero-order valence-corrected chi connectivity index (χ0v) is 11.9. The zero-order valence-electron chi connectivity index (χ0n) is 11.9. The van der Waals surface area contributed by atoms with Crippen LogP contribution in [0.15, 0.2) is 30.3 Å². The quantitative estimate of drug-likeness (QED) is 0.625. The lowest BCUT2D eigenvalue weighted by Gasteiger charge is -2.18. The number of hydrogen-bond acceptors (Lipinski definition) is 4. The van der Waals surface area contributed by atoms with Crippen LogP contribution in [0.5, 0.6) is 0 Å². The Morgan fingerprint density at radius 3 is 2.91 bits per heavy atom. The smallest absolute Gasteiger partial charge is 0.275 e. The molecule has 22 heavy (non-hydrogen) atoms. The van der Waals surface area contributed by atoms with Gasteiger partial charge in [-0.05, 0) is 6.07 Å². The van der Waals surface area contributed by atoms with Crippen LogP contribution in [0.2, 0.25) is 0 Å². The van der Waals surface area contributed by atoms with E-state index in [1.54, 1.807) is 18.2 Å². The van der Waals surface area contributed by atoms with Gasteiger partial charge in [-0.25, -0.2) is 8.78 Å². The third-order valence-corrected chi connectivity index (χ3v) is 3.36. The van der Waals surface area contributed by atoms with E-state index in [2.05, 4.69) is 10.6 Å². The lowest BCUT2D eigenvalue weighted by molar-refractivity contribution is -0.117. The van der Waals surface area contributed by atoms with Crippen molar-refractivity contribution < 1.29 is 23.8 Å². The number of nitrogens with one attached hydrogen (secondary N) is 2. The average Bonchev–Trinajstić information content (AvgIpc) is 2.62. The SMILES string of the molecule is O=C(C=C1c2ccccc2NCCC1(F)F)NC[C@@H](O)CO. The van der Waals surface area contributed by atoms with Crippen LogP contribution in [0.1, 0.15) is 12.0 Å². The molecule has 1 heterocycles. The number of amides is 1. The van der Waals surface area contributed by atoms with Gasteiger partial charge in [-0.1, -0.05) is 18.2 Å². The van der Waals surface area contributed by atoms with Gasteiger partial charge in [0.2, 0.25) is 5.91 Å². The van der Waals surface area contributed by atoms with Crippen LogP contribution in [-0.4, -0.2) is 47.8 Å². The highest BCUT2D eigenvalue weighted by atomic mass is 19.3. The fourth-order valence-electron chi connectivity index (χ4n) is 2.21. The van der Waals surface area contributed by atoms with Crippen molar-refractivity contribution in [3.63, 3.8) is 0 Å². The fraction of sp³-hybridized carbons (Fsp3) is 0.400. The van der Waals surface area contributed by atoms with Crippen molar-refractivity contribution in [2.45, 2.75) is 18.4 Å². The first-order valence-corrected chi connectivity index (χ1v) is 6.94. The number of benzene rings is 1. The molecule has 1 aliphatic rings. The fourth-order valence-corrected chi connectivity index (χ4v) is 2.21. The van der Waals surface area contributed by atoms with Crippen molar-refractivity contribution in [2.75, 3.05) is 25.0 Å². The number of carbonyl (C=O) groups is 1. The number of aliphatic hydroxyl groups excluding tert-OH is 2. The van der Waals surface area contributed by atoms with Gasteiger partial charge in [0.05, 0.1) is 12.7 Å². The van der Waals surface area contributed by atoms with Crippen LogP contribution in [0.4, 0.5) is 14.5 Å². The van der Waals surface area contributed by atoms with Gasteiger partial charge in [0.15, 0.2) is 0 Å². The number of anilines is 1. The van der Waals surface area contributed by atoms with Gasteiger partial charge in [-0.3, -0.25) is 4.79 Å². The van der Waals surface area contributed by atoms with Gasteiger partial charge in [-0.15, -0.1) is 0 Å². The Morgan fingerprint density at radius 2 is 2.18 bits per heavy atom. The molecule has 4 N–H and O–H groups in total. The summed E-state index contributed by atoms with van der Waals surface area (Å²) in [4.78, 5) is 11.8. The summed E-state index contributed by atoms with van der Waals surface area (Å²) in [5.74, 6) is -3.87. The van der Waals surface area contributed by atoms with Gasteiger partial charge in [0.1, 0.15) is 0 Å². The van der Waals surface area contributed by atoms with E-state index in [9.17, 15) is 18.7 Å². The Labute approximate surface area is 126 Å². The third-order valence-electron chi connectivity index (χ3n) is 3.36. The summed E-state index contributed by atoms with van der Waals surface area (Å²) >= 11 is 0. The number of allylic oxidation sites excluding steroid dienone is 1. The molecule has 0 saturated heterocycles. The molecular formula is C15H18F2N2O3. The van der Waals surface area contributed by atoms with E-state index in [1.165, 1.54) is 6.07 Å². The second-order valence-electron chi connectivity index (χ2n) is 5.07. The Kier molecular flexibility index (Phi) is 5.10. The van der Waals surface area contributed by atoms with Gasteiger partial charge in [0, 0.05) is 42.4 Å². The molecule has 0 unspecified atom stereocenters. The van der Waals surface area contributed by atoms with Crippen LogP contribution in [-0.2, 0) is 4.79 Å². The number of fused-ring (bicyclic) bond motifs is 1. The summed E-state index contributed by atoms with van der Waals surface area (Å²) in [5, 5.41) is 23.1. The highest BCUT2D eigenvalue weighted by Crippen LogP contribution is 2.40. The molecule has 120 valence electrons. The molecule has 1 aromatic carbocycles. The van der Waals surface area contributed by atoms with Crippen molar-refractivity contribution in [1.82, 2.24) is 5.32 Å². The Bertz CT molecular complexity index is 576. The third kappa shape index (κ3) is 3.80. The Balaban J connectivity index is 2.28. The zero-order chi connectivity index (χ0) is 16.2. The topological polar surface area (TPSA) is 81.6 Å². The van der Waals surface area contributed by atoms with Crippen molar-refractivity contribution in [3.8, 4) is 0 Å². The molecule has 0 spiro atoms. The van der Waals surface area contributed by atoms with Gasteiger partial charge >= 0.3 is 0 Å². The molecule has 0 aromatic heterocycles. The highest BCUT2D eigenvalue weighted by molar-refractivity contribution is 5.98. The van der Waals surface area contributed by atoms with Crippen LogP contribution in [0.25, 0.3) is 5.57 Å². The summed E-state index contributed by atoms with van der Waals surface area (Å²) < 4.78 is 28.5. The van der Waals surface area contributed by atoms with Crippen LogP contribution >= 0.6 is 0 Å². The summed E-state index contributed by atoms with van der Waals surface area (Å²) in [6.45, 7) is -0.615. The normalized spacial score (nSPS) is 19.7. The maximum atomic E-state index is 14.3. The number of hydrogen-bond donors (Lipinski definition) is 4. The monoisotopic (exact) mass is 312 g/mol. The van der Waals surface area contributed by atoms with E-state index < -0.39 is 31.0 Å². The summed E-state index contributed by atoms with van der Waals surface area (Å²) in [7, 11) is 0. The van der Waals surface area contributed by atoms with Crippen LogP contribution in [0.3, 0.4) is 0 Å². The minimum Gasteiger partial charge on any atom is -0.394 e. The average molecular weight is 312 g/mol. The molecule has 1 atom stereocenters. The minimum atomic E-state index is -3.13. The van der Waals surface area contributed by atoms with Gasteiger partial charge < -0.3 is 20.8 Å². The Hall–Kier alpha value is -1.99. The van der Waals surface area contributed by atoms with E-state index in [0.717, 1.165) is 6.08 Å². The largest absolute Gasteiger partial charge is 0.394 e. The molecule has 0 bridgehead atoms. The molecule has 0 fully saturated rings. The standard InChI is InChI=1S/C15H18F2N2O3/c16-15(17)5-6-18-13-4-2-1-3-11(13)12(15)7-14(22)19-8-10(21)9-20/h1-4,7,10,18,20-21H,5-6,8-9H2,(H,19,22)/t10-/m1/s1. The first-order chi connectivity index (χ1) is 10.4. The summed E-state index contributed by atoms with van der Waals surface area (Å²) in [5.41, 5.74) is 0.473. The number of rotatable bonds is 4. The minimum absolute atomic E-state index is 0.103. The summed E-state index contributed by atoms with van der Waals surface area (Å²) in [6.07, 6.45) is -0.679. The number of carbonyl (C=O) groups excluding carboxylic acids is 1. The summed E-state index contributed by atoms with van der Waals surface area (Å²) in [6, 6.07) is 6.56. The number of alkyl halides is 2. The molecule has 1 amide bonds. The van der Waals surface area contributed by atoms with Crippen molar-refractivity contribution in [3.05, 3.63) is 35.9 Å². The molecule has 2 rings (SSSR count). The second-order valence-corrected chi connectivity index (χ2v) is 5.07. The van der Waals surface area contributed by atoms with E-state index in [1.807, 2.05) is 0 Å². The van der Waals surface area contributed by atoms with E-state index in [0.29, 0.717) is 5.69 Å². The van der Waals surface area contributed by atoms with Crippen molar-refractivity contribution in [2.24, 2.45) is 0 Å². The maximum Gasteiger partial charge on any atom is 0.275 e. The number of aliphatic hydroxyl groups is 2. The first kappa shape index (κ1) is 16.4. The molecule has 7 heteroatoms. The first-order valence-electron chi connectivity index (χ1n) is 6.94. The van der Waals surface area contributed by atoms with Crippen LogP contribution in [0, 0.1) is 0 Å². The number of halogens is 2. The lowest BCUT2D eigenvalue weighted by atomic mass is 9.97. The van der Waals surface area contributed by atoms with Crippen molar-refractivity contribution >= 4 is 17.2 Å².